The van der Waals surface area contributed by atoms with Crippen molar-refractivity contribution >= 4 is 27.7 Å². The van der Waals surface area contributed by atoms with E-state index in [4.69, 9.17) is 4.52 Å². The summed E-state index contributed by atoms with van der Waals surface area (Å²) in [4.78, 5) is 16.4. The van der Waals surface area contributed by atoms with Gasteiger partial charge in [-0.25, -0.2) is 4.39 Å². The van der Waals surface area contributed by atoms with Gasteiger partial charge < -0.3 is 9.84 Å². The van der Waals surface area contributed by atoms with Gasteiger partial charge in [0, 0.05) is 16.7 Å². The number of anilines is 1. The first kappa shape index (κ1) is 15.6. The van der Waals surface area contributed by atoms with Crippen molar-refractivity contribution in [3.05, 3.63) is 39.8 Å². The van der Waals surface area contributed by atoms with Gasteiger partial charge in [0.15, 0.2) is 17.2 Å². The molecule has 0 fully saturated rings. The molecule has 1 N–H and O–H groups in total. The van der Waals surface area contributed by atoms with E-state index < -0.39 is 5.67 Å². The fourth-order valence-electron chi connectivity index (χ4n) is 1.74. The van der Waals surface area contributed by atoms with Crippen LogP contribution in [0.2, 0.25) is 0 Å². The number of aryl methyl sites for hydroxylation is 1. The number of hydrogen-bond acceptors (Lipinski definition) is 4. The fraction of sp³-hybridized carbons (Fsp3) is 0.357. The van der Waals surface area contributed by atoms with Crippen molar-refractivity contribution in [2.75, 3.05) is 5.32 Å². The van der Waals surface area contributed by atoms with E-state index in [0.717, 1.165) is 0 Å². The maximum absolute atomic E-state index is 13.7. The van der Waals surface area contributed by atoms with E-state index in [-0.39, 0.29) is 17.5 Å². The number of pyridine rings is 1. The number of carbonyl (C=O) groups excluding carboxylic acids is 1. The van der Waals surface area contributed by atoms with Gasteiger partial charge in [-0.3, -0.25) is 9.78 Å². The molecule has 0 spiro atoms. The first-order valence-corrected chi connectivity index (χ1v) is 7.22. The highest BCUT2D eigenvalue weighted by Crippen LogP contribution is 2.26. The number of nitrogens with one attached hydrogen (secondary N) is 1. The molecule has 0 aliphatic carbocycles. The molecule has 0 atom stereocenters. The van der Waals surface area contributed by atoms with E-state index >= 15 is 0 Å². The molecule has 0 saturated heterocycles. The lowest BCUT2D eigenvalue weighted by Crippen LogP contribution is -2.15. The fourth-order valence-corrected chi connectivity index (χ4v) is 2.08. The number of carbonyl (C=O) groups is 1. The molecule has 2 rings (SSSR count). The van der Waals surface area contributed by atoms with Crippen LogP contribution in [-0.2, 0) is 12.1 Å². The van der Waals surface area contributed by atoms with Gasteiger partial charge in [0.25, 0.3) is 5.91 Å². The lowest BCUT2D eigenvalue weighted by Gasteiger charge is -2.07. The Balaban J connectivity index is 2.22. The van der Waals surface area contributed by atoms with Crippen LogP contribution in [0, 0.1) is 0 Å². The molecule has 0 aliphatic rings. The zero-order valence-corrected chi connectivity index (χ0v) is 13.5. The third-order valence-electron chi connectivity index (χ3n) is 2.85. The quantitative estimate of drug-likeness (QED) is 0.904. The van der Waals surface area contributed by atoms with Gasteiger partial charge in [-0.05, 0) is 42.3 Å². The molecule has 2 aromatic rings. The largest absolute Gasteiger partial charge is 0.356 e. The minimum atomic E-state index is -1.65. The van der Waals surface area contributed by atoms with Crippen LogP contribution in [0.5, 0.6) is 0 Å². The highest BCUT2D eigenvalue weighted by Gasteiger charge is 2.25. The van der Waals surface area contributed by atoms with Gasteiger partial charge in [-0.1, -0.05) is 12.1 Å². The SMILES string of the molecule is CCc1ncc(Br)cc1C(=O)Nc1cc(C(C)(C)F)on1. The smallest absolute Gasteiger partial charge is 0.258 e. The predicted octanol–water partition coefficient (Wildman–Crippen LogP) is 3.85. The van der Waals surface area contributed by atoms with Crippen LogP contribution in [0.1, 0.15) is 42.6 Å². The van der Waals surface area contributed by atoms with Gasteiger partial charge in [0.1, 0.15) is 0 Å². The average molecular weight is 356 g/mol. The Kier molecular flexibility index (Phi) is 4.41. The monoisotopic (exact) mass is 355 g/mol. The van der Waals surface area contributed by atoms with E-state index in [1.165, 1.54) is 19.9 Å². The summed E-state index contributed by atoms with van der Waals surface area (Å²) in [6, 6.07) is 3.05. The second-order valence-electron chi connectivity index (χ2n) is 5.00. The van der Waals surface area contributed by atoms with E-state index in [1.807, 2.05) is 6.92 Å². The first-order valence-electron chi connectivity index (χ1n) is 6.43. The third kappa shape index (κ3) is 3.66. The highest BCUT2D eigenvalue weighted by atomic mass is 79.9. The highest BCUT2D eigenvalue weighted by molar-refractivity contribution is 9.10. The maximum atomic E-state index is 13.7. The molecule has 5 nitrogen and oxygen atoms in total. The molecule has 112 valence electrons. The number of aromatic nitrogens is 2. The Labute approximate surface area is 130 Å². The van der Waals surface area contributed by atoms with Crippen LogP contribution in [0.4, 0.5) is 10.2 Å². The Morgan fingerprint density at radius 2 is 2.19 bits per heavy atom. The molecule has 1 amide bonds. The van der Waals surface area contributed by atoms with E-state index in [1.54, 1.807) is 12.3 Å². The Morgan fingerprint density at radius 1 is 1.48 bits per heavy atom. The van der Waals surface area contributed by atoms with Crippen molar-refractivity contribution in [2.24, 2.45) is 0 Å². The van der Waals surface area contributed by atoms with E-state index in [2.05, 4.69) is 31.4 Å². The van der Waals surface area contributed by atoms with Crippen molar-refractivity contribution in [3.63, 3.8) is 0 Å². The standard InChI is InChI=1S/C14H15BrFN3O2/c1-4-10-9(5-8(15)7-17-10)13(20)18-12-6-11(21-19-12)14(2,3)16/h5-7H,4H2,1-3H3,(H,18,19,20). The van der Waals surface area contributed by atoms with Crippen LogP contribution in [0.25, 0.3) is 0 Å². The molecule has 0 unspecified atom stereocenters. The molecule has 0 aliphatic heterocycles. The number of halogens is 2. The second kappa shape index (κ2) is 5.93. The number of nitrogens with zero attached hydrogens (tertiary/aromatic N) is 2. The number of rotatable bonds is 4. The Hall–Kier alpha value is -1.76. The van der Waals surface area contributed by atoms with E-state index in [9.17, 15) is 9.18 Å². The minimum Gasteiger partial charge on any atom is -0.356 e. The third-order valence-corrected chi connectivity index (χ3v) is 3.29. The molecule has 2 heterocycles. The Morgan fingerprint density at radius 3 is 2.76 bits per heavy atom. The summed E-state index contributed by atoms with van der Waals surface area (Å²) in [6.45, 7) is 4.62. The zero-order chi connectivity index (χ0) is 15.6. The molecular weight excluding hydrogens is 341 g/mol. The zero-order valence-electron chi connectivity index (χ0n) is 11.9. The van der Waals surface area contributed by atoms with Crippen molar-refractivity contribution < 1.29 is 13.7 Å². The Bertz CT molecular complexity index is 664. The molecule has 0 bridgehead atoms. The van der Waals surface area contributed by atoms with Crippen LogP contribution in [0.15, 0.2) is 27.3 Å². The molecule has 2 aromatic heterocycles. The summed E-state index contributed by atoms with van der Waals surface area (Å²) in [6.07, 6.45) is 2.26. The number of amides is 1. The van der Waals surface area contributed by atoms with Gasteiger partial charge in [-0.2, -0.15) is 0 Å². The summed E-state index contributed by atoms with van der Waals surface area (Å²) in [7, 11) is 0. The summed E-state index contributed by atoms with van der Waals surface area (Å²) >= 11 is 3.28. The van der Waals surface area contributed by atoms with E-state index in [0.29, 0.717) is 22.2 Å². The van der Waals surface area contributed by atoms with Crippen molar-refractivity contribution in [2.45, 2.75) is 32.9 Å². The van der Waals surface area contributed by atoms with Crippen molar-refractivity contribution in [1.29, 1.82) is 0 Å². The first-order chi connectivity index (χ1) is 9.81. The van der Waals surface area contributed by atoms with Crippen LogP contribution < -0.4 is 5.32 Å². The summed E-state index contributed by atoms with van der Waals surface area (Å²) < 4.78 is 19.3. The topological polar surface area (TPSA) is 68.0 Å². The lowest BCUT2D eigenvalue weighted by molar-refractivity contribution is 0.102. The van der Waals surface area contributed by atoms with Crippen LogP contribution in [-0.4, -0.2) is 16.0 Å². The second-order valence-corrected chi connectivity index (χ2v) is 5.92. The van der Waals surface area contributed by atoms with Gasteiger partial charge >= 0.3 is 0 Å². The molecule has 0 saturated carbocycles. The van der Waals surface area contributed by atoms with Crippen LogP contribution >= 0.6 is 15.9 Å². The number of alkyl halides is 1. The maximum Gasteiger partial charge on any atom is 0.258 e. The normalized spacial score (nSPS) is 11.5. The average Bonchev–Trinajstić information content (AvgIpc) is 2.87. The summed E-state index contributed by atoms with van der Waals surface area (Å²) in [5, 5.41) is 6.23. The summed E-state index contributed by atoms with van der Waals surface area (Å²) in [5.41, 5.74) is -0.539. The lowest BCUT2D eigenvalue weighted by atomic mass is 10.1. The molecule has 7 heteroatoms. The minimum absolute atomic E-state index is 0.0564. The molecule has 21 heavy (non-hydrogen) atoms. The predicted molar refractivity (Wildman–Crippen MR) is 79.9 cm³/mol. The van der Waals surface area contributed by atoms with Crippen LogP contribution in [0.3, 0.4) is 0 Å². The van der Waals surface area contributed by atoms with Crippen molar-refractivity contribution in [3.8, 4) is 0 Å². The number of hydrogen-bond donors (Lipinski definition) is 1. The summed E-state index contributed by atoms with van der Waals surface area (Å²) in [5.74, 6) is -0.138. The van der Waals surface area contributed by atoms with Gasteiger partial charge in [0.05, 0.1) is 11.3 Å². The van der Waals surface area contributed by atoms with Gasteiger partial charge in [0.2, 0.25) is 0 Å². The van der Waals surface area contributed by atoms with Crippen molar-refractivity contribution in [1.82, 2.24) is 10.1 Å². The van der Waals surface area contributed by atoms with Gasteiger partial charge in [-0.15, -0.1) is 0 Å². The molecule has 0 radical (unpaired) electrons. The molecule has 0 aromatic carbocycles. The molecular formula is C14H15BrFN3O2.